The Balaban J connectivity index is 1.32. The number of benzene rings is 2. The molecule has 2 aromatic carbocycles. The van der Waals surface area contributed by atoms with Crippen molar-refractivity contribution >= 4 is 17.0 Å². The Morgan fingerprint density at radius 2 is 2.00 bits per heavy atom. The number of aromatic amines is 1. The van der Waals surface area contributed by atoms with Crippen LogP contribution in [-0.2, 0) is 6.42 Å². The summed E-state index contributed by atoms with van der Waals surface area (Å²) in [5.74, 6) is 2.59. The molecule has 0 saturated carbocycles. The van der Waals surface area contributed by atoms with Crippen LogP contribution in [0.15, 0.2) is 59.6 Å². The molecule has 0 bridgehead atoms. The zero-order valence-corrected chi connectivity index (χ0v) is 15.2. The van der Waals surface area contributed by atoms with E-state index in [0.717, 1.165) is 48.9 Å². The van der Waals surface area contributed by atoms with Gasteiger partial charge in [0.25, 0.3) is 0 Å². The second kappa shape index (κ2) is 7.60. The van der Waals surface area contributed by atoms with Crippen LogP contribution in [0, 0.1) is 0 Å². The zero-order valence-electron chi connectivity index (χ0n) is 15.2. The number of aromatic nitrogens is 2. The Hall–Kier alpha value is -2.82. The highest BCUT2D eigenvalue weighted by atomic mass is 15.3. The van der Waals surface area contributed by atoms with E-state index < -0.39 is 0 Å². The number of rotatable bonds is 4. The van der Waals surface area contributed by atoms with Gasteiger partial charge in [-0.05, 0) is 24.1 Å². The van der Waals surface area contributed by atoms with Crippen LogP contribution in [0.4, 0.5) is 0 Å². The summed E-state index contributed by atoms with van der Waals surface area (Å²) in [5, 5.41) is 3.49. The van der Waals surface area contributed by atoms with E-state index in [2.05, 4.69) is 61.6 Å². The summed E-state index contributed by atoms with van der Waals surface area (Å²) in [4.78, 5) is 14.8. The monoisotopic (exact) mass is 347 g/mol. The fourth-order valence-electron chi connectivity index (χ4n) is 3.70. The maximum atomic E-state index is 4.64. The smallest absolute Gasteiger partial charge is 0.193 e. The minimum absolute atomic E-state index is 0.588. The van der Waals surface area contributed by atoms with Gasteiger partial charge in [-0.2, -0.15) is 0 Å². The molecule has 1 aliphatic heterocycles. The van der Waals surface area contributed by atoms with E-state index >= 15 is 0 Å². The van der Waals surface area contributed by atoms with Crippen molar-refractivity contribution in [3.8, 4) is 0 Å². The second-order valence-electron chi connectivity index (χ2n) is 6.77. The molecule has 1 unspecified atom stereocenters. The molecule has 1 fully saturated rings. The summed E-state index contributed by atoms with van der Waals surface area (Å²) in [6.45, 7) is 2.89. The van der Waals surface area contributed by atoms with Crippen molar-refractivity contribution in [3.05, 3.63) is 66.0 Å². The molecule has 5 nitrogen and oxygen atoms in total. The average Bonchev–Trinajstić information content (AvgIpc) is 3.33. The first-order valence-corrected chi connectivity index (χ1v) is 9.27. The number of nitrogens with zero attached hydrogens (tertiary/aromatic N) is 3. The molecule has 0 spiro atoms. The van der Waals surface area contributed by atoms with Gasteiger partial charge < -0.3 is 15.2 Å². The molecule has 2 N–H and O–H groups in total. The molecule has 1 atom stereocenters. The number of likely N-dealkylation sites (tertiary alicyclic amines) is 1. The number of aliphatic imine (C=N–C) groups is 1. The van der Waals surface area contributed by atoms with Crippen molar-refractivity contribution in [2.24, 2.45) is 4.99 Å². The number of H-pyrrole nitrogens is 1. The van der Waals surface area contributed by atoms with Crippen LogP contribution in [0.2, 0.25) is 0 Å². The van der Waals surface area contributed by atoms with Crippen LogP contribution < -0.4 is 5.32 Å². The van der Waals surface area contributed by atoms with E-state index in [1.54, 1.807) is 0 Å². The fourth-order valence-corrected chi connectivity index (χ4v) is 3.70. The molecule has 3 aromatic rings. The molecule has 1 aliphatic rings. The topological polar surface area (TPSA) is 56.3 Å². The van der Waals surface area contributed by atoms with Gasteiger partial charge in [0.1, 0.15) is 5.82 Å². The fraction of sp³-hybridized carbons (Fsp3) is 0.333. The Kier molecular flexibility index (Phi) is 4.86. The van der Waals surface area contributed by atoms with Crippen molar-refractivity contribution in [2.75, 3.05) is 26.7 Å². The molecule has 26 heavy (non-hydrogen) atoms. The van der Waals surface area contributed by atoms with E-state index in [1.165, 1.54) is 12.0 Å². The highest BCUT2D eigenvalue weighted by molar-refractivity contribution is 5.80. The Morgan fingerprint density at radius 3 is 2.81 bits per heavy atom. The first-order valence-electron chi connectivity index (χ1n) is 9.27. The van der Waals surface area contributed by atoms with Crippen molar-refractivity contribution in [2.45, 2.75) is 18.8 Å². The highest BCUT2D eigenvalue weighted by Crippen LogP contribution is 2.26. The molecular weight excluding hydrogens is 322 g/mol. The molecule has 4 rings (SSSR count). The lowest BCUT2D eigenvalue weighted by molar-refractivity contribution is 0.486. The number of guanidine groups is 1. The number of nitrogens with one attached hydrogen (secondary N) is 2. The molecule has 5 heteroatoms. The van der Waals surface area contributed by atoms with Gasteiger partial charge in [0.05, 0.1) is 11.0 Å². The number of para-hydroxylation sites is 2. The summed E-state index contributed by atoms with van der Waals surface area (Å²) in [6.07, 6.45) is 2.03. The molecule has 1 aromatic heterocycles. The molecule has 0 aliphatic carbocycles. The molecule has 134 valence electrons. The molecule has 0 radical (unpaired) electrons. The van der Waals surface area contributed by atoms with Crippen LogP contribution in [-0.4, -0.2) is 47.5 Å². The van der Waals surface area contributed by atoms with Gasteiger partial charge in [0, 0.05) is 39.0 Å². The van der Waals surface area contributed by atoms with Crippen molar-refractivity contribution in [3.63, 3.8) is 0 Å². The summed E-state index contributed by atoms with van der Waals surface area (Å²) >= 11 is 0. The number of imidazole rings is 1. The Morgan fingerprint density at radius 1 is 1.19 bits per heavy atom. The maximum absolute atomic E-state index is 4.64. The second-order valence-corrected chi connectivity index (χ2v) is 6.77. The quantitative estimate of drug-likeness (QED) is 0.563. The minimum Gasteiger partial charge on any atom is -0.356 e. The lowest BCUT2D eigenvalue weighted by atomic mass is 9.99. The largest absolute Gasteiger partial charge is 0.356 e. The van der Waals surface area contributed by atoms with E-state index in [0.29, 0.717) is 5.92 Å². The maximum Gasteiger partial charge on any atom is 0.193 e. The van der Waals surface area contributed by atoms with Crippen molar-refractivity contribution in [1.82, 2.24) is 20.2 Å². The van der Waals surface area contributed by atoms with E-state index in [9.17, 15) is 0 Å². The summed E-state index contributed by atoms with van der Waals surface area (Å²) in [7, 11) is 1.86. The molecule has 2 heterocycles. The predicted molar refractivity (Wildman–Crippen MR) is 107 cm³/mol. The predicted octanol–water partition coefficient (Wildman–Crippen LogP) is 3.17. The third-order valence-corrected chi connectivity index (χ3v) is 5.05. The van der Waals surface area contributed by atoms with E-state index in [-0.39, 0.29) is 0 Å². The highest BCUT2D eigenvalue weighted by Gasteiger charge is 2.25. The minimum atomic E-state index is 0.588. The number of hydrogen-bond donors (Lipinski definition) is 2. The van der Waals surface area contributed by atoms with Crippen LogP contribution >= 0.6 is 0 Å². The van der Waals surface area contributed by atoms with Gasteiger partial charge in [-0.15, -0.1) is 0 Å². The first kappa shape index (κ1) is 16.6. The van der Waals surface area contributed by atoms with Gasteiger partial charge >= 0.3 is 0 Å². The van der Waals surface area contributed by atoms with Gasteiger partial charge in [-0.1, -0.05) is 42.5 Å². The summed E-state index contributed by atoms with van der Waals surface area (Å²) in [6, 6.07) is 18.9. The third-order valence-electron chi connectivity index (χ3n) is 5.05. The zero-order chi connectivity index (χ0) is 17.8. The lowest BCUT2D eigenvalue weighted by Crippen LogP contribution is -2.40. The Labute approximate surface area is 154 Å². The van der Waals surface area contributed by atoms with Crippen LogP contribution in [0.25, 0.3) is 11.0 Å². The summed E-state index contributed by atoms with van der Waals surface area (Å²) in [5.41, 5.74) is 3.54. The van der Waals surface area contributed by atoms with Crippen LogP contribution in [0.1, 0.15) is 23.7 Å². The van der Waals surface area contributed by atoms with Crippen LogP contribution in [0.5, 0.6) is 0 Å². The summed E-state index contributed by atoms with van der Waals surface area (Å²) < 4.78 is 0. The molecular formula is C21H25N5. The number of hydrogen-bond acceptors (Lipinski definition) is 2. The normalized spacial score (nSPS) is 17.8. The SMILES string of the molecule is CN=C(NCCc1nc2ccccc2[nH]1)N1CCC(c2ccccc2)C1. The third kappa shape index (κ3) is 3.57. The van der Waals surface area contributed by atoms with Crippen molar-refractivity contribution < 1.29 is 0 Å². The van der Waals surface area contributed by atoms with Gasteiger partial charge in [-0.3, -0.25) is 4.99 Å². The Bertz CT molecular complexity index is 851. The molecule has 1 saturated heterocycles. The van der Waals surface area contributed by atoms with Crippen molar-refractivity contribution in [1.29, 1.82) is 0 Å². The molecule has 0 amide bonds. The van der Waals surface area contributed by atoms with Gasteiger partial charge in [-0.25, -0.2) is 4.98 Å². The first-order chi connectivity index (χ1) is 12.8. The average molecular weight is 347 g/mol. The standard InChI is InChI=1S/C21H25N5/c1-22-21(26-14-12-17(15-26)16-7-3-2-4-8-16)23-13-11-20-24-18-9-5-6-10-19(18)25-20/h2-10,17H,11-15H2,1H3,(H,22,23)(H,24,25). The van der Waals surface area contributed by atoms with Crippen LogP contribution in [0.3, 0.4) is 0 Å². The number of fused-ring (bicyclic) bond motifs is 1. The van der Waals surface area contributed by atoms with Gasteiger partial charge in [0.15, 0.2) is 5.96 Å². The van der Waals surface area contributed by atoms with E-state index in [1.807, 2.05) is 25.2 Å². The van der Waals surface area contributed by atoms with Gasteiger partial charge in [0.2, 0.25) is 0 Å². The lowest BCUT2D eigenvalue weighted by Gasteiger charge is -2.21. The van der Waals surface area contributed by atoms with E-state index in [4.69, 9.17) is 0 Å².